The summed E-state index contributed by atoms with van der Waals surface area (Å²) in [4.78, 5) is 25.7. The monoisotopic (exact) mass is 741 g/mol. The minimum atomic E-state index is -1.22. The molecule has 1 heterocycles. The van der Waals surface area contributed by atoms with E-state index in [2.05, 4.69) is 5.32 Å². The number of benzene rings is 4. The van der Waals surface area contributed by atoms with Gasteiger partial charge in [-0.25, -0.2) is 9.59 Å². The molecule has 4 aromatic rings. The Balaban J connectivity index is 1.46. The Morgan fingerprint density at radius 3 is 1.54 bits per heavy atom. The second-order valence-electron chi connectivity index (χ2n) is 13.9. The SMILES string of the molecule is COC(=O)[C@H](CO[C@H]1O[C@H](COCc2ccccc2)[C@@H](OCc2ccccc2)[C@H](OCc2ccccc2)[C@H]1OCc1ccccc1)NC(=O)OC(C)(C)C. The Morgan fingerprint density at radius 1 is 0.630 bits per heavy atom. The lowest BCUT2D eigenvalue weighted by Gasteiger charge is -2.46. The molecule has 1 aliphatic rings. The van der Waals surface area contributed by atoms with Gasteiger partial charge in [-0.15, -0.1) is 0 Å². The summed E-state index contributed by atoms with van der Waals surface area (Å²) in [5, 5.41) is 2.57. The van der Waals surface area contributed by atoms with Gasteiger partial charge in [0.1, 0.15) is 30.0 Å². The molecule has 1 N–H and O–H groups in total. The van der Waals surface area contributed by atoms with E-state index in [0.717, 1.165) is 22.3 Å². The molecule has 4 aromatic carbocycles. The average molecular weight is 742 g/mol. The zero-order valence-electron chi connectivity index (χ0n) is 31.3. The van der Waals surface area contributed by atoms with Crippen LogP contribution in [0.5, 0.6) is 0 Å². The van der Waals surface area contributed by atoms with E-state index in [-0.39, 0.29) is 33.0 Å². The smallest absolute Gasteiger partial charge is 0.408 e. The summed E-state index contributed by atoms with van der Waals surface area (Å²) in [6.45, 7) is 6.06. The lowest BCUT2D eigenvalue weighted by Crippen LogP contribution is -2.62. The molecule has 1 aliphatic heterocycles. The van der Waals surface area contributed by atoms with Crippen LogP contribution in [0, 0.1) is 0 Å². The number of carbonyl (C=O) groups excluding carboxylic acids is 2. The molecule has 0 aliphatic carbocycles. The quantitative estimate of drug-likeness (QED) is 0.110. The number of nitrogens with one attached hydrogen (secondary N) is 1. The summed E-state index contributed by atoms with van der Waals surface area (Å²) in [5.41, 5.74) is 3.05. The van der Waals surface area contributed by atoms with Crippen LogP contribution in [0.25, 0.3) is 0 Å². The molecule has 54 heavy (non-hydrogen) atoms. The topological polar surface area (TPSA) is 120 Å². The highest BCUT2D eigenvalue weighted by molar-refractivity contribution is 5.81. The van der Waals surface area contributed by atoms with Gasteiger partial charge in [-0.1, -0.05) is 121 Å². The van der Waals surface area contributed by atoms with E-state index in [1.165, 1.54) is 7.11 Å². The minimum absolute atomic E-state index is 0.126. The van der Waals surface area contributed by atoms with E-state index in [1.54, 1.807) is 20.8 Å². The van der Waals surface area contributed by atoms with Crippen molar-refractivity contribution >= 4 is 12.1 Å². The molecule has 1 fully saturated rings. The summed E-state index contributed by atoms with van der Waals surface area (Å²) >= 11 is 0. The average Bonchev–Trinajstić information content (AvgIpc) is 3.18. The molecule has 0 unspecified atom stereocenters. The van der Waals surface area contributed by atoms with Crippen LogP contribution in [-0.2, 0) is 69.1 Å². The van der Waals surface area contributed by atoms with Gasteiger partial charge in [0.05, 0.1) is 46.8 Å². The summed E-state index contributed by atoms with van der Waals surface area (Å²) in [5.74, 6) is -0.720. The Morgan fingerprint density at radius 2 is 1.07 bits per heavy atom. The number of hydrogen-bond acceptors (Lipinski definition) is 10. The minimum Gasteiger partial charge on any atom is -0.467 e. The van der Waals surface area contributed by atoms with Gasteiger partial charge in [-0.2, -0.15) is 0 Å². The van der Waals surface area contributed by atoms with Crippen molar-refractivity contribution < 1.29 is 47.5 Å². The van der Waals surface area contributed by atoms with Crippen molar-refractivity contribution in [2.75, 3.05) is 20.3 Å². The maximum Gasteiger partial charge on any atom is 0.408 e. The van der Waals surface area contributed by atoms with Gasteiger partial charge in [0.15, 0.2) is 12.3 Å². The maximum atomic E-state index is 12.9. The van der Waals surface area contributed by atoms with Crippen LogP contribution < -0.4 is 5.32 Å². The number of amides is 1. The van der Waals surface area contributed by atoms with Gasteiger partial charge in [-0.05, 0) is 43.0 Å². The van der Waals surface area contributed by atoms with Crippen LogP contribution in [0.2, 0.25) is 0 Å². The van der Waals surface area contributed by atoms with Gasteiger partial charge in [0.25, 0.3) is 0 Å². The number of rotatable bonds is 18. The highest BCUT2D eigenvalue weighted by atomic mass is 16.7. The molecule has 1 saturated heterocycles. The van der Waals surface area contributed by atoms with Gasteiger partial charge < -0.3 is 43.2 Å². The first kappa shape index (κ1) is 40.6. The fraction of sp³-hybridized carbons (Fsp3) is 0.395. The molecule has 288 valence electrons. The van der Waals surface area contributed by atoms with Gasteiger partial charge >= 0.3 is 12.1 Å². The van der Waals surface area contributed by atoms with E-state index < -0.39 is 54.4 Å². The van der Waals surface area contributed by atoms with Gasteiger partial charge in [0, 0.05) is 0 Å². The van der Waals surface area contributed by atoms with Gasteiger partial charge in [-0.3, -0.25) is 0 Å². The number of carbonyl (C=O) groups is 2. The van der Waals surface area contributed by atoms with Crippen LogP contribution in [0.4, 0.5) is 4.79 Å². The van der Waals surface area contributed by atoms with E-state index in [0.29, 0.717) is 6.61 Å². The lowest BCUT2D eigenvalue weighted by molar-refractivity contribution is -0.329. The Hall–Kier alpha value is -4.62. The lowest BCUT2D eigenvalue weighted by atomic mass is 9.97. The molecule has 0 aromatic heterocycles. The van der Waals surface area contributed by atoms with Crippen LogP contribution in [0.15, 0.2) is 121 Å². The van der Waals surface area contributed by atoms with Crippen molar-refractivity contribution in [2.45, 2.75) is 89.5 Å². The van der Waals surface area contributed by atoms with Crippen molar-refractivity contribution in [3.63, 3.8) is 0 Å². The third kappa shape index (κ3) is 13.0. The Labute approximate surface area is 317 Å². The third-order valence-electron chi connectivity index (χ3n) is 8.44. The number of ether oxygens (including phenoxy) is 8. The van der Waals surface area contributed by atoms with E-state index in [9.17, 15) is 9.59 Å². The molecule has 6 atom stereocenters. The molecule has 5 rings (SSSR count). The van der Waals surface area contributed by atoms with Crippen molar-refractivity contribution in [3.05, 3.63) is 144 Å². The predicted octanol–water partition coefficient (Wildman–Crippen LogP) is 6.77. The Kier molecular flexibility index (Phi) is 15.6. The highest BCUT2D eigenvalue weighted by Gasteiger charge is 2.49. The van der Waals surface area contributed by atoms with Crippen LogP contribution in [0.3, 0.4) is 0 Å². The van der Waals surface area contributed by atoms with Crippen LogP contribution >= 0.6 is 0 Å². The molecule has 0 bridgehead atoms. The maximum absolute atomic E-state index is 12.9. The first-order valence-corrected chi connectivity index (χ1v) is 18.1. The first-order valence-electron chi connectivity index (χ1n) is 18.1. The van der Waals surface area contributed by atoms with Gasteiger partial charge in [0.2, 0.25) is 0 Å². The number of alkyl carbamates (subject to hydrolysis) is 1. The molecule has 1 amide bonds. The van der Waals surface area contributed by atoms with Crippen molar-refractivity contribution in [2.24, 2.45) is 0 Å². The summed E-state index contributed by atoms with van der Waals surface area (Å²) in [6, 6.07) is 38.0. The molecule has 11 heteroatoms. The zero-order chi connectivity index (χ0) is 38.2. The second-order valence-corrected chi connectivity index (χ2v) is 13.9. The number of hydrogen-bond donors (Lipinski definition) is 1. The fourth-order valence-electron chi connectivity index (χ4n) is 5.83. The van der Waals surface area contributed by atoms with E-state index in [4.69, 9.17) is 37.9 Å². The van der Waals surface area contributed by atoms with E-state index in [1.807, 2.05) is 121 Å². The molecule has 11 nitrogen and oxygen atoms in total. The summed E-state index contributed by atoms with van der Waals surface area (Å²) < 4.78 is 49.8. The van der Waals surface area contributed by atoms with Crippen LogP contribution in [-0.4, -0.2) is 74.7 Å². The van der Waals surface area contributed by atoms with E-state index >= 15 is 0 Å². The first-order chi connectivity index (χ1) is 26.2. The molecule has 0 radical (unpaired) electrons. The van der Waals surface area contributed by atoms with Crippen molar-refractivity contribution in [3.8, 4) is 0 Å². The summed E-state index contributed by atoms with van der Waals surface area (Å²) in [7, 11) is 1.23. The highest BCUT2D eigenvalue weighted by Crippen LogP contribution is 2.32. The summed E-state index contributed by atoms with van der Waals surface area (Å²) in [6.07, 6.45) is -4.87. The molecular weight excluding hydrogens is 690 g/mol. The zero-order valence-corrected chi connectivity index (χ0v) is 31.3. The number of methoxy groups -OCH3 is 1. The van der Waals surface area contributed by atoms with Crippen molar-refractivity contribution in [1.82, 2.24) is 5.32 Å². The Bertz CT molecular complexity index is 1670. The predicted molar refractivity (Wildman–Crippen MR) is 201 cm³/mol. The largest absolute Gasteiger partial charge is 0.467 e. The fourth-order valence-corrected chi connectivity index (χ4v) is 5.83. The second kappa shape index (κ2) is 20.7. The van der Waals surface area contributed by atoms with Crippen molar-refractivity contribution in [1.29, 1.82) is 0 Å². The standard InChI is InChI=1S/C43H51NO10/c1-43(2,3)54-42(46)44-35(40(45)47-4)29-52-41-39(51-28-34-23-15-8-16-24-34)38(50-27-33-21-13-7-14-22-33)37(49-26-32-19-11-6-12-20-32)36(53-41)30-48-25-31-17-9-5-10-18-31/h5-24,35-39,41H,25-30H2,1-4H3,(H,44,46)/t35-,36+,37+,38-,39+,41-/m0/s1. The molecular formula is C43H51NO10. The normalized spacial score (nSPS) is 20.5. The number of esters is 1. The van der Waals surface area contributed by atoms with Crippen LogP contribution in [0.1, 0.15) is 43.0 Å². The third-order valence-corrected chi connectivity index (χ3v) is 8.44. The molecule has 0 saturated carbocycles. The molecule has 0 spiro atoms.